The fourth-order valence-corrected chi connectivity index (χ4v) is 4.90. The SMILES string of the molecule is O=C(CCCNS(=O)(=O)c1cccc(C(F)(F)F)c1)N1CCN(CC2CCCO2)CC1. The molecule has 1 N–H and O–H groups in total. The number of piperazine rings is 1. The van der Waals surface area contributed by atoms with Gasteiger partial charge in [-0.05, 0) is 37.5 Å². The van der Waals surface area contributed by atoms with Crippen molar-refractivity contribution in [2.45, 2.75) is 42.9 Å². The minimum absolute atomic E-state index is 0.0245. The first-order chi connectivity index (χ1) is 14.6. The summed E-state index contributed by atoms with van der Waals surface area (Å²) in [6, 6.07) is 3.58. The zero-order chi connectivity index (χ0) is 22.5. The van der Waals surface area contributed by atoms with Crippen molar-refractivity contribution in [1.82, 2.24) is 14.5 Å². The molecule has 0 aromatic heterocycles. The van der Waals surface area contributed by atoms with Gasteiger partial charge in [-0.15, -0.1) is 0 Å². The fourth-order valence-electron chi connectivity index (χ4n) is 3.78. The molecule has 2 aliphatic rings. The third kappa shape index (κ3) is 6.90. The fraction of sp³-hybridized carbons (Fsp3) is 0.650. The van der Waals surface area contributed by atoms with E-state index in [0.717, 1.165) is 57.3 Å². The molecule has 1 aromatic rings. The molecule has 0 bridgehead atoms. The number of amides is 1. The molecule has 31 heavy (non-hydrogen) atoms. The molecule has 7 nitrogen and oxygen atoms in total. The number of sulfonamides is 1. The van der Waals surface area contributed by atoms with Gasteiger partial charge >= 0.3 is 6.18 Å². The van der Waals surface area contributed by atoms with Crippen LogP contribution in [0.4, 0.5) is 13.2 Å². The lowest BCUT2D eigenvalue weighted by Gasteiger charge is -2.35. The molecule has 2 fully saturated rings. The highest BCUT2D eigenvalue weighted by molar-refractivity contribution is 7.89. The predicted octanol–water partition coefficient (Wildman–Crippen LogP) is 2.09. The van der Waals surface area contributed by atoms with Crippen molar-refractivity contribution in [2.75, 3.05) is 45.9 Å². The van der Waals surface area contributed by atoms with Gasteiger partial charge < -0.3 is 9.64 Å². The van der Waals surface area contributed by atoms with Crippen LogP contribution in [0.2, 0.25) is 0 Å². The van der Waals surface area contributed by atoms with Crippen LogP contribution in [0.1, 0.15) is 31.2 Å². The molecule has 1 atom stereocenters. The molecular weight excluding hydrogens is 435 g/mol. The van der Waals surface area contributed by atoms with E-state index >= 15 is 0 Å². The summed E-state index contributed by atoms with van der Waals surface area (Å²) in [6.45, 7) is 4.51. The van der Waals surface area contributed by atoms with Gasteiger partial charge in [0.05, 0.1) is 16.6 Å². The van der Waals surface area contributed by atoms with Gasteiger partial charge in [0.2, 0.25) is 15.9 Å². The number of nitrogens with one attached hydrogen (secondary N) is 1. The average Bonchev–Trinajstić information content (AvgIpc) is 3.24. The molecule has 174 valence electrons. The molecule has 2 heterocycles. The molecule has 0 aliphatic carbocycles. The third-order valence-corrected chi connectivity index (χ3v) is 7.00. The number of carbonyl (C=O) groups excluding carboxylic acids is 1. The summed E-state index contributed by atoms with van der Waals surface area (Å²) in [7, 11) is -4.08. The van der Waals surface area contributed by atoms with Crippen molar-refractivity contribution in [3.05, 3.63) is 29.8 Å². The molecule has 0 saturated carbocycles. The zero-order valence-corrected chi connectivity index (χ0v) is 18.1. The summed E-state index contributed by atoms with van der Waals surface area (Å²) in [4.78, 5) is 16.0. The maximum Gasteiger partial charge on any atom is 0.416 e. The maximum absolute atomic E-state index is 12.8. The van der Waals surface area contributed by atoms with Crippen molar-refractivity contribution in [3.63, 3.8) is 0 Å². The maximum atomic E-state index is 12.8. The van der Waals surface area contributed by atoms with Crippen LogP contribution in [0.5, 0.6) is 0 Å². The minimum Gasteiger partial charge on any atom is -0.377 e. The normalized spacial score (nSPS) is 20.9. The second kappa shape index (κ2) is 10.3. The van der Waals surface area contributed by atoms with Crippen molar-refractivity contribution >= 4 is 15.9 Å². The summed E-state index contributed by atoms with van der Waals surface area (Å²) < 4.78 is 70.8. The minimum atomic E-state index is -4.62. The van der Waals surface area contributed by atoms with E-state index in [1.54, 1.807) is 4.90 Å². The highest BCUT2D eigenvalue weighted by Crippen LogP contribution is 2.30. The van der Waals surface area contributed by atoms with Crippen molar-refractivity contribution in [3.8, 4) is 0 Å². The number of halogens is 3. The molecule has 2 saturated heterocycles. The second-order valence-electron chi connectivity index (χ2n) is 7.84. The summed E-state index contributed by atoms with van der Waals surface area (Å²) in [6.07, 6.45) is -1.71. The number of rotatable bonds is 8. The lowest BCUT2D eigenvalue weighted by Crippen LogP contribution is -2.50. The van der Waals surface area contributed by atoms with Crippen LogP contribution in [0.3, 0.4) is 0 Å². The van der Waals surface area contributed by atoms with Gasteiger partial charge in [0.1, 0.15) is 0 Å². The van der Waals surface area contributed by atoms with Gasteiger partial charge in [-0.2, -0.15) is 13.2 Å². The lowest BCUT2D eigenvalue weighted by molar-refractivity contribution is -0.137. The Morgan fingerprint density at radius 2 is 1.94 bits per heavy atom. The van der Waals surface area contributed by atoms with Crippen LogP contribution in [0.25, 0.3) is 0 Å². The Hall–Kier alpha value is -1.69. The van der Waals surface area contributed by atoms with Gasteiger partial charge in [-0.1, -0.05) is 6.07 Å². The van der Waals surface area contributed by atoms with E-state index in [-0.39, 0.29) is 31.4 Å². The Labute approximate surface area is 180 Å². The molecule has 0 radical (unpaired) electrons. The second-order valence-corrected chi connectivity index (χ2v) is 9.61. The van der Waals surface area contributed by atoms with Gasteiger partial charge in [0, 0.05) is 52.3 Å². The average molecular weight is 464 g/mol. The summed E-state index contributed by atoms with van der Waals surface area (Å²) in [5, 5.41) is 0. The Kier molecular flexibility index (Phi) is 7.95. The van der Waals surface area contributed by atoms with Crippen LogP contribution in [0.15, 0.2) is 29.2 Å². The van der Waals surface area contributed by atoms with E-state index in [0.29, 0.717) is 19.2 Å². The summed E-state index contributed by atoms with van der Waals surface area (Å²) >= 11 is 0. The Morgan fingerprint density at radius 3 is 2.58 bits per heavy atom. The van der Waals surface area contributed by atoms with Crippen molar-refractivity contribution in [2.24, 2.45) is 0 Å². The monoisotopic (exact) mass is 463 g/mol. The molecule has 1 unspecified atom stereocenters. The molecule has 0 spiro atoms. The summed E-state index contributed by atoms with van der Waals surface area (Å²) in [5.74, 6) is -0.0463. The largest absolute Gasteiger partial charge is 0.416 e. The molecule has 3 rings (SSSR count). The quantitative estimate of drug-likeness (QED) is 0.598. The first-order valence-corrected chi connectivity index (χ1v) is 11.9. The highest BCUT2D eigenvalue weighted by atomic mass is 32.2. The number of benzene rings is 1. The Balaban J connectivity index is 1.39. The Bertz CT molecular complexity index is 849. The van der Waals surface area contributed by atoms with Crippen LogP contribution in [-0.4, -0.2) is 76.1 Å². The number of nitrogens with zero attached hydrogens (tertiary/aromatic N) is 2. The van der Waals surface area contributed by atoms with Gasteiger partial charge in [0.25, 0.3) is 0 Å². The number of alkyl halides is 3. The van der Waals surface area contributed by atoms with E-state index in [4.69, 9.17) is 4.74 Å². The Morgan fingerprint density at radius 1 is 1.19 bits per heavy atom. The van der Waals surface area contributed by atoms with E-state index < -0.39 is 26.7 Å². The standard InChI is InChI=1S/C20H28F3N3O4S/c21-20(22,23)16-4-1-6-18(14-16)31(28,29)24-8-2-7-19(27)26-11-9-25(10-12-26)15-17-5-3-13-30-17/h1,4,6,14,17,24H,2-3,5,7-13,15H2. The summed E-state index contributed by atoms with van der Waals surface area (Å²) in [5.41, 5.74) is -1.02. The van der Waals surface area contributed by atoms with Crippen LogP contribution >= 0.6 is 0 Å². The van der Waals surface area contributed by atoms with E-state index in [1.165, 1.54) is 0 Å². The topological polar surface area (TPSA) is 79.0 Å². The van der Waals surface area contributed by atoms with Gasteiger partial charge in [0.15, 0.2) is 0 Å². The zero-order valence-electron chi connectivity index (χ0n) is 17.2. The predicted molar refractivity (Wildman–Crippen MR) is 108 cm³/mol. The van der Waals surface area contributed by atoms with Crippen LogP contribution in [0, 0.1) is 0 Å². The molecule has 2 aliphatic heterocycles. The first kappa shape index (κ1) is 24.0. The van der Waals surface area contributed by atoms with E-state index in [2.05, 4.69) is 9.62 Å². The molecular formula is C20H28F3N3O4S. The smallest absolute Gasteiger partial charge is 0.377 e. The highest BCUT2D eigenvalue weighted by Gasteiger charge is 2.31. The van der Waals surface area contributed by atoms with Gasteiger partial charge in [-0.3, -0.25) is 9.69 Å². The number of hydrogen-bond acceptors (Lipinski definition) is 5. The third-order valence-electron chi connectivity index (χ3n) is 5.54. The van der Waals surface area contributed by atoms with Gasteiger partial charge in [-0.25, -0.2) is 13.1 Å². The number of carbonyl (C=O) groups is 1. The number of ether oxygens (including phenoxy) is 1. The van der Waals surface area contributed by atoms with E-state index in [1.807, 2.05) is 0 Å². The lowest BCUT2D eigenvalue weighted by atomic mass is 10.2. The molecule has 1 amide bonds. The van der Waals surface area contributed by atoms with Crippen molar-refractivity contribution < 1.29 is 31.1 Å². The first-order valence-electron chi connectivity index (χ1n) is 10.4. The van der Waals surface area contributed by atoms with Crippen LogP contribution < -0.4 is 4.72 Å². The number of hydrogen-bond donors (Lipinski definition) is 1. The van der Waals surface area contributed by atoms with Crippen LogP contribution in [-0.2, 0) is 25.7 Å². The van der Waals surface area contributed by atoms with Crippen molar-refractivity contribution in [1.29, 1.82) is 0 Å². The molecule has 11 heteroatoms. The van der Waals surface area contributed by atoms with E-state index in [9.17, 15) is 26.4 Å². The molecule has 1 aromatic carbocycles.